The third-order valence-electron chi connectivity index (χ3n) is 2.71. The second kappa shape index (κ2) is 9.74. The second-order valence-corrected chi connectivity index (χ2v) is 5.56. The molecule has 0 aliphatic heterocycles. The maximum atomic E-state index is 11.4. The third-order valence-corrected chi connectivity index (χ3v) is 3.74. The van der Waals surface area contributed by atoms with Crippen molar-refractivity contribution in [2.45, 2.75) is 38.6 Å². The standard InChI is InChI=1S/C12H26N2O2S/c1-4-7-14-12(2,11(13)15)6-5-9-17-10-8-16-3/h14H,4-10H2,1-3H3,(H2,13,15). The Morgan fingerprint density at radius 3 is 2.71 bits per heavy atom. The lowest BCUT2D eigenvalue weighted by Crippen LogP contribution is -2.53. The first-order valence-corrected chi connectivity index (χ1v) is 7.34. The van der Waals surface area contributed by atoms with Crippen LogP contribution in [0.4, 0.5) is 0 Å². The van der Waals surface area contributed by atoms with E-state index in [-0.39, 0.29) is 5.91 Å². The maximum absolute atomic E-state index is 11.4. The summed E-state index contributed by atoms with van der Waals surface area (Å²) < 4.78 is 4.97. The van der Waals surface area contributed by atoms with Gasteiger partial charge in [-0.25, -0.2) is 0 Å². The van der Waals surface area contributed by atoms with Gasteiger partial charge in [0.05, 0.1) is 12.1 Å². The molecule has 0 bridgehead atoms. The summed E-state index contributed by atoms with van der Waals surface area (Å²) in [6.07, 6.45) is 2.79. The van der Waals surface area contributed by atoms with Gasteiger partial charge in [-0.1, -0.05) is 6.92 Å². The number of hydrogen-bond acceptors (Lipinski definition) is 4. The topological polar surface area (TPSA) is 64.3 Å². The van der Waals surface area contributed by atoms with Gasteiger partial charge in [-0.15, -0.1) is 0 Å². The summed E-state index contributed by atoms with van der Waals surface area (Å²) in [5.41, 5.74) is 4.89. The van der Waals surface area contributed by atoms with E-state index in [1.807, 2.05) is 18.7 Å². The first-order valence-electron chi connectivity index (χ1n) is 6.18. The van der Waals surface area contributed by atoms with Crippen molar-refractivity contribution in [1.29, 1.82) is 0 Å². The molecule has 102 valence electrons. The molecule has 0 rings (SSSR count). The number of ether oxygens (including phenoxy) is 1. The molecular weight excluding hydrogens is 236 g/mol. The molecule has 1 unspecified atom stereocenters. The zero-order valence-corrected chi connectivity index (χ0v) is 12.1. The molecule has 1 atom stereocenters. The van der Waals surface area contributed by atoms with Crippen molar-refractivity contribution in [3.8, 4) is 0 Å². The predicted octanol–water partition coefficient (Wildman–Crippen LogP) is 1.39. The van der Waals surface area contributed by atoms with E-state index in [9.17, 15) is 4.79 Å². The largest absolute Gasteiger partial charge is 0.384 e. The molecule has 0 aromatic carbocycles. The fourth-order valence-electron chi connectivity index (χ4n) is 1.47. The molecular formula is C12H26N2O2S. The highest BCUT2D eigenvalue weighted by atomic mass is 32.2. The second-order valence-electron chi connectivity index (χ2n) is 4.33. The van der Waals surface area contributed by atoms with E-state index in [0.717, 1.165) is 43.9 Å². The summed E-state index contributed by atoms with van der Waals surface area (Å²) in [5.74, 6) is 1.79. The molecule has 3 N–H and O–H groups in total. The zero-order chi connectivity index (χ0) is 13.1. The number of rotatable bonds is 11. The first-order chi connectivity index (χ1) is 8.06. The van der Waals surface area contributed by atoms with Gasteiger partial charge in [0.1, 0.15) is 0 Å². The summed E-state index contributed by atoms with van der Waals surface area (Å²) >= 11 is 1.85. The smallest absolute Gasteiger partial charge is 0.237 e. The Bertz CT molecular complexity index is 215. The van der Waals surface area contributed by atoms with Crippen LogP contribution in [0.5, 0.6) is 0 Å². The molecule has 17 heavy (non-hydrogen) atoms. The third kappa shape index (κ3) is 7.63. The molecule has 0 aliphatic carbocycles. The van der Waals surface area contributed by atoms with Crippen molar-refractivity contribution in [3.05, 3.63) is 0 Å². The van der Waals surface area contributed by atoms with Crippen molar-refractivity contribution < 1.29 is 9.53 Å². The predicted molar refractivity (Wildman–Crippen MR) is 74.3 cm³/mol. The Labute approximate surface area is 109 Å². The van der Waals surface area contributed by atoms with E-state index in [0.29, 0.717) is 0 Å². The monoisotopic (exact) mass is 262 g/mol. The number of nitrogens with one attached hydrogen (secondary N) is 1. The van der Waals surface area contributed by atoms with Gasteiger partial charge in [0.25, 0.3) is 0 Å². The molecule has 1 amide bonds. The van der Waals surface area contributed by atoms with Gasteiger partial charge in [0, 0.05) is 12.9 Å². The Morgan fingerprint density at radius 2 is 2.18 bits per heavy atom. The fourth-order valence-corrected chi connectivity index (χ4v) is 2.31. The van der Waals surface area contributed by atoms with Gasteiger partial charge in [-0.3, -0.25) is 4.79 Å². The molecule has 0 spiro atoms. The molecule has 0 fully saturated rings. The van der Waals surface area contributed by atoms with Crippen LogP contribution >= 0.6 is 11.8 Å². The molecule has 5 heteroatoms. The van der Waals surface area contributed by atoms with Crippen molar-refractivity contribution >= 4 is 17.7 Å². The highest BCUT2D eigenvalue weighted by Crippen LogP contribution is 2.15. The van der Waals surface area contributed by atoms with E-state index < -0.39 is 5.54 Å². The van der Waals surface area contributed by atoms with Crippen LogP contribution in [-0.2, 0) is 9.53 Å². The first kappa shape index (κ1) is 16.7. The number of thioether (sulfide) groups is 1. The van der Waals surface area contributed by atoms with Crippen LogP contribution in [0.1, 0.15) is 33.1 Å². The summed E-state index contributed by atoms with van der Waals surface area (Å²) in [5, 5.41) is 3.24. The summed E-state index contributed by atoms with van der Waals surface area (Å²) in [6, 6.07) is 0. The van der Waals surface area contributed by atoms with Crippen LogP contribution in [0.15, 0.2) is 0 Å². The van der Waals surface area contributed by atoms with E-state index in [1.165, 1.54) is 0 Å². The van der Waals surface area contributed by atoms with E-state index in [1.54, 1.807) is 7.11 Å². The number of methoxy groups -OCH3 is 1. The molecule has 0 radical (unpaired) electrons. The summed E-state index contributed by atoms with van der Waals surface area (Å²) in [6.45, 7) is 5.59. The lowest BCUT2D eigenvalue weighted by molar-refractivity contribution is -0.124. The molecule has 0 aromatic heterocycles. The van der Waals surface area contributed by atoms with Crippen LogP contribution in [0.25, 0.3) is 0 Å². The summed E-state index contributed by atoms with van der Waals surface area (Å²) in [7, 11) is 1.71. The Hall–Kier alpha value is -0.260. The molecule has 0 saturated carbocycles. The normalized spacial score (nSPS) is 14.5. The molecule has 0 aliphatic rings. The van der Waals surface area contributed by atoms with Gasteiger partial charge >= 0.3 is 0 Å². The number of hydrogen-bond donors (Lipinski definition) is 2. The van der Waals surface area contributed by atoms with Crippen LogP contribution in [0.3, 0.4) is 0 Å². The van der Waals surface area contributed by atoms with Crippen molar-refractivity contribution in [1.82, 2.24) is 5.32 Å². The Morgan fingerprint density at radius 1 is 1.47 bits per heavy atom. The SMILES string of the molecule is CCCNC(C)(CCCSCCOC)C(N)=O. The summed E-state index contributed by atoms with van der Waals surface area (Å²) in [4.78, 5) is 11.4. The van der Waals surface area contributed by atoms with Crippen LogP contribution in [0, 0.1) is 0 Å². The highest BCUT2D eigenvalue weighted by molar-refractivity contribution is 7.99. The molecule has 0 heterocycles. The van der Waals surface area contributed by atoms with Crippen LogP contribution < -0.4 is 11.1 Å². The lowest BCUT2D eigenvalue weighted by Gasteiger charge is -2.27. The van der Waals surface area contributed by atoms with Crippen molar-refractivity contribution in [2.75, 3.05) is 31.8 Å². The molecule has 0 aromatic rings. The number of amides is 1. The lowest BCUT2D eigenvalue weighted by atomic mass is 9.95. The number of nitrogens with two attached hydrogens (primary N) is 1. The highest BCUT2D eigenvalue weighted by Gasteiger charge is 2.29. The van der Waals surface area contributed by atoms with Crippen LogP contribution in [0.2, 0.25) is 0 Å². The zero-order valence-electron chi connectivity index (χ0n) is 11.3. The van der Waals surface area contributed by atoms with Gasteiger partial charge in [-0.05, 0) is 38.5 Å². The molecule has 0 saturated heterocycles. The number of carbonyl (C=O) groups is 1. The van der Waals surface area contributed by atoms with E-state index in [4.69, 9.17) is 10.5 Å². The van der Waals surface area contributed by atoms with Gasteiger partial charge < -0.3 is 15.8 Å². The van der Waals surface area contributed by atoms with E-state index in [2.05, 4.69) is 12.2 Å². The fraction of sp³-hybridized carbons (Fsp3) is 0.917. The van der Waals surface area contributed by atoms with Crippen molar-refractivity contribution in [2.24, 2.45) is 5.73 Å². The number of carbonyl (C=O) groups excluding carboxylic acids is 1. The van der Waals surface area contributed by atoms with Gasteiger partial charge in [0.15, 0.2) is 0 Å². The van der Waals surface area contributed by atoms with Gasteiger partial charge in [-0.2, -0.15) is 11.8 Å². The average Bonchev–Trinajstić information content (AvgIpc) is 2.31. The minimum atomic E-state index is -0.558. The Kier molecular flexibility index (Phi) is 9.59. The minimum absolute atomic E-state index is 0.257. The minimum Gasteiger partial charge on any atom is -0.384 e. The number of primary amides is 1. The van der Waals surface area contributed by atoms with E-state index >= 15 is 0 Å². The van der Waals surface area contributed by atoms with Crippen LogP contribution in [-0.4, -0.2) is 43.2 Å². The van der Waals surface area contributed by atoms with Gasteiger partial charge in [0.2, 0.25) is 5.91 Å². The maximum Gasteiger partial charge on any atom is 0.237 e. The van der Waals surface area contributed by atoms with Crippen molar-refractivity contribution in [3.63, 3.8) is 0 Å². The average molecular weight is 262 g/mol. The quantitative estimate of drug-likeness (QED) is 0.552. The molecule has 4 nitrogen and oxygen atoms in total. The Balaban J connectivity index is 3.81.